The molecule has 1 aromatic heterocycles. The number of benzene rings is 1. The number of carbonyl (C=O) groups is 1. The third-order valence-corrected chi connectivity index (χ3v) is 3.07. The normalized spacial score (nSPS) is 12.7. The summed E-state index contributed by atoms with van der Waals surface area (Å²) >= 11 is 0. The summed E-state index contributed by atoms with van der Waals surface area (Å²) in [5.74, 6) is -0.778. The Hall–Kier alpha value is -2.91. The van der Waals surface area contributed by atoms with Crippen LogP contribution in [0.2, 0.25) is 0 Å². The Balaban J connectivity index is 2.20. The molecule has 122 valence electrons. The molecule has 2 rings (SSSR count). The highest BCUT2D eigenvalue weighted by molar-refractivity contribution is 5.94. The van der Waals surface area contributed by atoms with Gasteiger partial charge in [-0.05, 0) is 19.1 Å². The largest absolute Gasteiger partial charge is 0.418 e. The van der Waals surface area contributed by atoms with E-state index in [2.05, 4.69) is 10.4 Å². The number of nitrogens with zero attached hydrogens (tertiary/aromatic N) is 3. The molecule has 0 aliphatic rings. The quantitative estimate of drug-likeness (QED) is 0.690. The van der Waals surface area contributed by atoms with Crippen LogP contribution in [0.25, 0.3) is 0 Å². The Bertz CT molecular complexity index is 742. The Kier molecular flexibility index (Phi) is 4.34. The number of aromatic nitrogens is 2. The summed E-state index contributed by atoms with van der Waals surface area (Å²) in [5, 5.41) is 16.4. The lowest BCUT2D eigenvalue weighted by Gasteiger charge is -2.16. The van der Waals surface area contributed by atoms with Gasteiger partial charge in [0.1, 0.15) is 18.4 Å². The monoisotopic (exact) mass is 328 g/mol. The maximum atomic E-state index is 12.9. The van der Waals surface area contributed by atoms with E-state index in [-0.39, 0.29) is 5.69 Å². The topological polar surface area (TPSA) is 90.1 Å². The minimum Gasteiger partial charge on any atom is -0.324 e. The molecule has 1 atom stereocenters. The molecule has 0 spiro atoms. The molecule has 1 amide bonds. The number of halogens is 3. The van der Waals surface area contributed by atoms with Crippen LogP contribution < -0.4 is 5.32 Å². The van der Waals surface area contributed by atoms with Crippen LogP contribution in [-0.2, 0) is 11.0 Å². The second kappa shape index (κ2) is 6.07. The summed E-state index contributed by atoms with van der Waals surface area (Å²) in [6.45, 7) is 1.36. The first-order chi connectivity index (χ1) is 10.7. The van der Waals surface area contributed by atoms with Gasteiger partial charge in [-0.1, -0.05) is 12.1 Å². The maximum absolute atomic E-state index is 12.9. The van der Waals surface area contributed by atoms with Crippen LogP contribution in [0.15, 0.2) is 36.7 Å². The molecule has 1 heterocycles. The van der Waals surface area contributed by atoms with Crippen molar-refractivity contribution in [1.29, 1.82) is 0 Å². The number of hydrogen-bond donors (Lipinski definition) is 1. The molecule has 0 saturated carbocycles. The fourth-order valence-corrected chi connectivity index (χ4v) is 1.83. The van der Waals surface area contributed by atoms with Crippen LogP contribution in [0.1, 0.15) is 18.5 Å². The van der Waals surface area contributed by atoms with E-state index in [1.54, 1.807) is 0 Å². The lowest BCUT2D eigenvalue weighted by Crippen LogP contribution is -2.25. The number of rotatable bonds is 4. The SMILES string of the molecule is C[C@@H](C(=O)Nc1ccccc1C(F)(F)F)n1cc([N+](=O)[O-])cn1. The van der Waals surface area contributed by atoms with E-state index in [1.807, 2.05) is 0 Å². The first kappa shape index (κ1) is 16.5. The molecule has 2 aromatic rings. The molecule has 0 aliphatic carbocycles. The van der Waals surface area contributed by atoms with Crippen molar-refractivity contribution in [3.63, 3.8) is 0 Å². The summed E-state index contributed by atoms with van der Waals surface area (Å²) in [7, 11) is 0. The number of nitro groups is 1. The predicted octanol–water partition coefficient (Wildman–Crippen LogP) is 3.01. The summed E-state index contributed by atoms with van der Waals surface area (Å²) in [5.41, 5.74) is -1.69. The van der Waals surface area contributed by atoms with Gasteiger partial charge in [-0.15, -0.1) is 0 Å². The van der Waals surface area contributed by atoms with E-state index in [4.69, 9.17) is 0 Å². The Labute approximate surface area is 127 Å². The van der Waals surface area contributed by atoms with Crippen molar-refractivity contribution in [2.45, 2.75) is 19.1 Å². The Morgan fingerprint density at radius 1 is 1.39 bits per heavy atom. The smallest absolute Gasteiger partial charge is 0.324 e. The average Bonchev–Trinajstić information content (AvgIpc) is 2.95. The van der Waals surface area contributed by atoms with Gasteiger partial charge in [0.05, 0.1) is 16.2 Å². The number of amides is 1. The van der Waals surface area contributed by atoms with Gasteiger partial charge in [-0.2, -0.15) is 18.3 Å². The maximum Gasteiger partial charge on any atom is 0.418 e. The van der Waals surface area contributed by atoms with Gasteiger partial charge < -0.3 is 5.32 Å². The van der Waals surface area contributed by atoms with Crippen molar-refractivity contribution in [2.75, 3.05) is 5.32 Å². The van der Waals surface area contributed by atoms with Crippen molar-refractivity contribution in [2.24, 2.45) is 0 Å². The molecule has 0 aliphatic heterocycles. The zero-order valence-corrected chi connectivity index (χ0v) is 11.7. The number of para-hydroxylation sites is 1. The molecule has 1 aromatic carbocycles. The van der Waals surface area contributed by atoms with Gasteiger partial charge in [-0.3, -0.25) is 19.6 Å². The van der Waals surface area contributed by atoms with Crippen molar-refractivity contribution < 1.29 is 22.9 Å². The molecule has 0 fully saturated rings. The second-order valence-corrected chi connectivity index (χ2v) is 4.64. The van der Waals surface area contributed by atoms with Gasteiger partial charge in [0.25, 0.3) is 0 Å². The molecular weight excluding hydrogens is 317 g/mol. The highest BCUT2D eigenvalue weighted by Gasteiger charge is 2.34. The van der Waals surface area contributed by atoms with Crippen LogP contribution in [-0.4, -0.2) is 20.6 Å². The number of carbonyl (C=O) groups excluding carboxylic acids is 1. The van der Waals surface area contributed by atoms with Crippen LogP contribution in [0.4, 0.5) is 24.5 Å². The number of nitrogens with one attached hydrogen (secondary N) is 1. The Morgan fingerprint density at radius 2 is 2.04 bits per heavy atom. The Morgan fingerprint density at radius 3 is 2.61 bits per heavy atom. The van der Waals surface area contributed by atoms with Crippen molar-refractivity contribution in [3.8, 4) is 0 Å². The van der Waals surface area contributed by atoms with Gasteiger partial charge in [0.2, 0.25) is 5.91 Å². The van der Waals surface area contributed by atoms with E-state index in [9.17, 15) is 28.1 Å². The molecule has 0 unspecified atom stereocenters. The standard InChI is InChI=1S/C13H11F3N4O3/c1-8(19-7-9(6-17-19)20(22)23)12(21)18-11-5-3-2-4-10(11)13(14,15)16/h2-8H,1H3,(H,18,21)/t8-/m0/s1. The molecule has 0 bridgehead atoms. The number of alkyl halides is 3. The third kappa shape index (κ3) is 3.65. The van der Waals surface area contributed by atoms with Gasteiger partial charge in [0, 0.05) is 0 Å². The molecule has 0 saturated heterocycles. The summed E-state index contributed by atoms with van der Waals surface area (Å²) < 4.78 is 39.6. The zero-order chi connectivity index (χ0) is 17.2. The zero-order valence-electron chi connectivity index (χ0n) is 11.7. The van der Waals surface area contributed by atoms with E-state index in [1.165, 1.54) is 19.1 Å². The fourth-order valence-electron chi connectivity index (χ4n) is 1.83. The molecule has 10 heteroatoms. The van der Waals surface area contributed by atoms with Gasteiger partial charge in [-0.25, -0.2) is 0 Å². The molecule has 1 N–H and O–H groups in total. The molecule has 7 nitrogen and oxygen atoms in total. The summed E-state index contributed by atoms with van der Waals surface area (Å²) in [6, 6.07) is 3.51. The van der Waals surface area contributed by atoms with E-state index in [0.29, 0.717) is 0 Å². The minimum absolute atomic E-state index is 0.319. The summed E-state index contributed by atoms with van der Waals surface area (Å²) in [4.78, 5) is 22.0. The van der Waals surface area contributed by atoms with Crippen LogP contribution >= 0.6 is 0 Å². The van der Waals surface area contributed by atoms with Crippen molar-refractivity contribution >= 4 is 17.3 Å². The molecular formula is C13H11F3N4O3. The van der Waals surface area contributed by atoms with Crippen LogP contribution in [0, 0.1) is 10.1 Å². The minimum atomic E-state index is -4.61. The van der Waals surface area contributed by atoms with E-state index < -0.39 is 34.3 Å². The first-order valence-electron chi connectivity index (χ1n) is 6.36. The fraction of sp³-hybridized carbons (Fsp3) is 0.231. The molecule has 0 radical (unpaired) electrons. The lowest BCUT2D eigenvalue weighted by molar-refractivity contribution is -0.385. The van der Waals surface area contributed by atoms with Crippen LogP contribution in [0.5, 0.6) is 0 Å². The van der Waals surface area contributed by atoms with Gasteiger partial charge in [0.15, 0.2) is 0 Å². The molecule has 23 heavy (non-hydrogen) atoms. The van der Waals surface area contributed by atoms with E-state index in [0.717, 1.165) is 29.2 Å². The average molecular weight is 328 g/mol. The highest BCUT2D eigenvalue weighted by atomic mass is 19.4. The number of hydrogen-bond acceptors (Lipinski definition) is 4. The second-order valence-electron chi connectivity index (χ2n) is 4.64. The van der Waals surface area contributed by atoms with Crippen LogP contribution in [0.3, 0.4) is 0 Å². The predicted molar refractivity (Wildman–Crippen MR) is 73.7 cm³/mol. The third-order valence-electron chi connectivity index (χ3n) is 3.07. The highest BCUT2D eigenvalue weighted by Crippen LogP contribution is 2.34. The van der Waals surface area contributed by atoms with Crippen molar-refractivity contribution in [3.05, 3.63) is 52.3 Å². The lowest BCUT2D eigenvalue weighted by atomic mass is 10.1. The first-order valence-corrected chi connectivity index (χ1v) is 6.36. The van der Waals surface area contributed by atoms with Gasteiger partial charge >= 0.3 is 11.9 Å². The summed E-state index contributed by atoms with van der Waals surface area (Å²) in [6.07, 6.45) is -2.63. The van der Waals surface area contributed by atoms with Crippen molar-refractivity contribution in [1.82, 2.24) is 9.78 Å². The number of anilines is 1. The van der Waals surface area contributed by atoms with E-state index >= 15 is 0 Å².